The fraction of sp³-hybridized carbons (Fsp3) is 0.231. The Balaban J connectivity index is 2.19. The Morgan fingerprint density at radius 1 is 1.39 bits per heavy atom. The summed E-state index contributed by atoms with van der Waals surface area (Å²) in [6.45, 7) is 1.23. The minimum Gasteiger partial charge on any atom is -0.379 e. The average Bonchev–Trinajstić information content (AvgIpc) is 2.36. The van der Waals surface area contributed by atoms with Crippen molar-refractivity contribution in [2.24, 2.45) is 0 Å². The second-order valence-electron chi connectivity index (χ2n) is 4.08. The van der Waals surface area contributed by atoms with Gasteiger partial charge in [0.1, 0.15) is 11.5 Å². The number of ketones is 1. The molecule has 1 N–H and O–H groups in total. The van der Waals surface area contributed by atoms with Gasteiger partial charge >= 0.3 is 0 Å². The first-order chi connectivity index (χ1) is 8.58. The van der Waals surface area contributed by atoms with Gasteiger partial charge < -0.3 is 10.2 Å². The van der Waals surface area contributed by atoms with E-state index in [1.807, 2.05) is 0 Å². The van der Waals surface area contributed by atoms with Gasteiger partial charge in [-0.05, 0) is 24.3 Å². The van der Waals surface area contributed by atoms with E-state index in [4.69, 9.17) is 0 Å². The van der Waals surface area contributed by atoms with Crippen LogP contribution in [0.15, 0.2) is 36.0 Å². The van der Waals surface area contributed by atoms with E-state index in [1.165, 1.54) is 30.3 Å². The average molecular weight is 248 g/mol. The van der Waals surface area contributed by atoms with Gasteiger partial charge in [0.15, 0.2) is 5.78 Å². The van der Waals surface area contributed by atoms with Crippen molar-refractivity contribution in [2.45, 2.75) is 0 Å². The molecule has 1 fully saturated rings. The van der Waals surface area contributed by atoms with Crippen LogP contribution in [0.1, 0.15) is 10.4 Å². The maximum absolute atomic E-state index is 12.7. The minimum atomic E-state index is -0.397. The zero-order valence-electron chi connectivity index (χ0n) is 9.94. The number of carbonyl (C=O) groups is 2. The van der Waals surface area contributed by atoms with Gasteiger partial charge in [-0.1, -0.05) is 0 Å². The summed E-state index contributed by atoms with van der Waals surface area (Å²) in [6.07, 6.45) is 1.26. The quantitative estimate of drug-likeness (QED) is 0.626. The zero-order chi connectivity index (χ0) is 13.1. The molecule has 1 heterocycles. The molecule has 0 radical (unpaired) electrons. The molecule has 18 heavy (non-hydrogen) atoms. The molecule has 1 saturated heterocycles. The van der Waals surface area contributed by atoms with Gasteiger partial charge in [0.05, 0.1) is 0 Å². The van der Waals surface area contributed by atoms with Crippen LogP contribution in [0.2, 0.25) is 0 Å². The van der Waals surface area contributed by atoms with Crippen molar-refractivity contribution in [1.29, 1.82) is 0 Å². The maximum atomic E-state index is 12.7. The lowest BCUT2D eigenvalue weighted by Crippen LogP contribution is -2.44. The second-order valence-corrected chi connectivity index (χ2v) is 4.08. The predicted molar refractivity (Wildman–Crippen MR) is 64.5 cm³/mol. The summed E-state index contributed by atoms with van der Waals surface area (Å²) in [4.78, 5) is 25.1. The summed E-state index contributed by atoms with van der Waals surface area (Å²) >= 11 is 0. The topological polar surface area (TPSA) is 49.4 Å². The molecular formula is C13H13FN2O2. The molecule has 0 aromatic heterocycles. The number of allylic oxidation sites excluding steroid dienone is 1. The fourth-order valence-electron chi connectivity index (χ4n) is 1.68. The second kappa shape index (κ2) is 5.00. The van der Waals surface area contributed by atoms with Crippen molar-refractivity contribution in [3.05, 3.63) is 47.4 Å². The standard InChI is InChI=1S/C13H13FN2O2/c1-16-7-6-15-11(13(16)18)8-12(17)9-2-4-10(14)5-3-9/h2-5,8,15H,6-7H2,1H3/b11-8+. The van der Waals surface area contributed by atoms with Gasteiger partial charge in [-0.15, -0.1) is 0 Å². The maximum Gasteiger partial charge on any atom is 0.269 e. The highest BCUT2D eigenvalue weighted by Crippen LogP contribution is 2.08. The van der Waals surface area contributed by atoms with Crippen LogP contribution in [0.25, 0.3) is 0 Å². The Bertz CT molecular complexity index is 508. The molecule has 1 aromatic carbocycles. The largest absolute Gasteiger partial charge is 0.379 e. The Hall–Kier alpha value is -2.17. The predicted octanol–water partition coefficient (Wildman–Crippen LogP) is 0.954. The number of benzene rings is 1. The first-order valence-corrected chi connectivity index (χ1v) is 5.59. The van der Waals surface area contributed by atoms with E-state index in [2.05, 4.69) is 5.32 Å². The summed E-state index contributed by atoms with van der Waals surface area (Å²) in [6, 6.07) is 5.22. The van der Waals surface area contributed by atoms with Crippen molar-refractivity contribution in [2.75, 3.05) is 20.1 Å². The van der Waals surface area contributed by atoms with Crippen LogP contribution in [-0.4, -0.2) is 36.7 Å². The summed E-state index contributed by atoms with van der Waals surface area (Å²) < 4.78 is 12.7. The number of nitrogens with one attached hydrogen (secondary N) is 1. The van der Waals surface area contributed by atoms with Crippen molar-refractivity contribution >= 4 is 11.7 Å². The van der Waals surface area contributed by atoms with Gasteiger partial charge in [-0.3, -0.25) is 9.59 Å². The number of hydrogen-bond acceptors (Lipinski definition) is 3. The monoisotopic (exact) mass is 248 g/mol. The van der Waals surface area contributed by atoms with E-state index in [0.717, 1.165) is 0 Å². The lowest BCUT2D eigenvalue weighted by Gasteiger charge is -2.25. The van der Waals surface area contributed by atoms with Crippen molar-refractivity contribution in [3.8, 4) is 0 Å². The highest BCUT2D eigenvalue weighted by Gasteiger charge is 2.20. The number of carbonyl (C=O) groups excluding carboxylic acids is 2. The highest BCUT2D eigenvalue weighted by atomic mass is 19.1. The number of hydrogen-bond donors (Lipinski definition) is 1. The number of halogens is 1. The number of likely N-dealkylation sites (N-methyl/N-ethyl adjacent to an activating group) is 1. The van der Waals surface area contributed by atoms with E-state index in [9.17, 15) is 14.0 Å². The molecule has 0 atom stereocenters. The molecule has 1 amide bonds. The van der Waals surface area contributed by atoms with E-state index < -0.39 is 5.82 Å². The Kier molecular flexibility index (Phi) is 3.41. The van der Waals surface area contributed by atoms with Crippen LogP contribution in [0.4, 0.5) is 4.39 Å². The molecule has 1 aliphatic rings. The molecule has 1 aliphatic heterocycles. The van der Waals surface area contributed by atoms with Gasteiger partial charge in [0.2, 0.25) is 0 Å². The fourth-order valence-corrected chi connectivity index (χ4v) is 1.68. The summed E-state index contributed by atoms with van der Waals surface area (Å²) in [5, 5.41) is 2.89. The lowest BCUT2D eigenvalue weighted by molar-refractivity contribution is -0.127. The number of amides is 1. The van der Waals surface area contributed by atoms with E-state index >= 15 is 0 Å². The molecule has 0 spiro atoms. The van der Waals surface area contributed by atoms with Crippen LogP contribution >= 0.6 is 0 Å². The van der Waals surface area contributed by atoms with Crippen LogP contribution < -0.4 is 5.32 Å². The first-order valence-electron chi connectivity index (χ1n) is 5.59. The van der Waals surface area contributed by atoms with E-state index in [-0.39, 0.29) is 17.4 Å². The molecule has 4 nitrogen and oxygen atoms in total. The third kappa shape index (κ3) is 2.56. The van der Waals surface area contributed by atoms with Gasteiger partial charge in [-0.2, -0.15) is 0 Å². The Labute approximate surface area is 104 Å². The molecule has 5 heteroatoms. The highest BCUT2D eigenvalue weighted by molar-refractivity contribution is 6.09. The molecule has 94 valence electrons. The third-order valence-corrected chi connectivity index (χ3v) is 2.74. The van der Waals surface area contributed by atoms with Crippen molar-refractivity contribution in [1.82, 2.24) is 10.2 Å². The Morgan fingerprint density at radius 3 is 2.72 bits per heavy atom. The smallest absolute Gasteiger partial charge is 0.269 e. The summed E-state index contributed by atoms with van der Waals surface area (Å²) in [5.74, 6) is -0.927. The van der Waals surface area contributed by atoms with Crippen molar-refractivity contribution in [3.63, 3.8) is 0 Å². The number of rotatable bonds is 2. The minimum absolute atomic E-state index is 0.211. The molecular weight excluding hydrogens is 235 g/mol. The number of piperazine rings is 1. The van der Waals surface area contributed by atoms with Gasteiger partial charge in [0, 0.05) is 31.8 Å². The van der Waals surface area contributed by atoms with E-state index in [1.54, 1.807) is 11.9 Å². The van der Waals surface area contributed by atoms with Gasteiger partial charge in [-0.25, -0.2) is 4.39 Å². The van der Waals surface area contributed by atoms with Crippen LogP contribution in [0.5, 0.6) is 0 Å². The molecule has 1 aromatic rings. The van der Waals surface area contributed by atoms with Gasteiger partial charge in [0.25, 0.3) is 5.91 Å². The van der Waals surface area contributed by atoms with Crippen molar-refractivity contribution < 1.29 is 14.0 Å². The lowest BCUT2D eigenvalue weighted by atomic mass is 10.1. The zero-order valence-corrected chi connectivity index (χ0v) is 9.94. The molecule has 2 rings (SSSR count). The Morgan fingerprint density at radius 2 is 2.06 bits per heavy atom. The summed E-state index contributed by atoms with van der Waals surface area (Å²) in [7, 11) is 1.68. The summed E-state index contributed by atoms with van der Waals surface area (Å²) in [5.41, 5.74) is 0.629. The first kappa shape index (κ1) is 12.3. The van der Waals surface area contributed by atoms with Crippen LogP contribution in [-0.2, 0) is 4.79 Å². The molecule has 0 aliphatic carbocycles. The SMILES string of the molecule is CN1CCN/C(=C/C(=O)c2ccc(F)cc2)C1=O. The van der Waals surface area contributed by atoms with Crippen LogP contribution in [0, 0.1) is 5.82 Å². The third-order valence-electron chi connectivity index (χ3n) is 2.74. The molecule has 0 bridgehead atoms. The molecule has 0 unspecified atom stereocenters. The van der Waals surface area contributed by atoms with Crippen LogP contribution in [0.3, 0.4) is 0 Å². The molecule has 0 saturated carbocycles. The van der Waals surface area contributed by atoms with E-state index in [0.29, 0.717) is 18.7 Å². The number of nitrogens with zero attached hydrogens (tertiary/aromatic N) is 1. The normalized spacial score (nSPS) is 17.8.